The lowest BCUT2D eigenvalue weighted by molar-refractivity contribution is 0.0600. The van der Waals surface area contributed by atoms with Crippen molar-refractivity contribution in [1.82, 2.24) is 4.72 Å². The lowest BCUT2D eigenvalue weighted by Crippen LogP contribution is -2.23. The topological polar surface area (TPSA) is 72.5 Å². The number of sulfonamides is 1. The first-order chi connectivity index (χ1) is 11.6. The lowest BCUT2D eigenvalue weighted by atomic mass is 9.87. The van der Waals surface area contributed by atoms with Crippen molar-refractivity contribution in [2.75, 3.05) is 7.11 Å². The molecule has 134 valence electrons. The van der Waals surface area contributed by atoms with E-state index in [1.807, 2.05) is 12.1 Å². The molecule has 0 aliphatic rings. The van der Waals surface area contributed by atoms with Gasteiger partial charge < -0.3 is 4.74 Å². The van der Waals surface area contributed by atoms with Gasteiger partial charge in [-0.05, 0) is 40.8 Å². The fourth-order valence-corrected chi connectivity index (χ4v) is 3.29. The minimum absolute atomic E-state index is 0.0307. The van der Waals surface area contributed by atoms with E-state index in [0.717, 1.165) is 11.1 Å². The number of benzene rings is 2. The molecule has 0 unspecified atom stereocenters. The zero-order valence-corrected chi connectivity index (χ0v) is 15.7. The predicted octanol–water partition coefficient (Wildman–Crippen LogP) is 3.25. The van der Waals surface area contributed by atoms with Crippen LogP contribution in [0.25, 0.3) is 0 Å². The van der Waals surface area contributed by atoms with E-state index in [9.17, 15) is 13.2 Å². The van der Waals surface area contributed by atoms with Crippen molar-refractivity contribution in [3.05, 3.63) is 65.2 Å². The highest BCUT2D eigenvalue weighted by Gasteiger charge is 2.17. The van der Waals surface area contributed by atoms with Gasteiger partial charge in [-0.3, -0.25) is 0 Å². The van der Waals surface area contributed by atoms with Crippen molar-refractivity contribution in [2.24, 2.45) is 0 Å². The molecule has 2 aromatic carbocycles. The molecule has 5 nitrogen and oxygen atoms in total. The van der Waals surface area contributed by atoms with Gasteiger partial charge in [-0.15, -0.1) is 0 Å². The highest BCUT2D eigenvalue weighted by Crippen LogP contribution is 2.23. The van der Waals surface area contributed by atoms with Crippen molar-refractivity contribution >= 4 is 16.0 Å². The number of rotatable bonds is 5. The monoisotopic (exact) mass is 361 g/mol. The van der Waals surface area contributed by atoms with Crippen LogP contribution in [-0.4, -0.2) is 21.5 Å². The summed E-state index contributed by atoms with van der Waals surface area (Å²) in [4.78, 5) is 11.6. The Hall–Kier alpha value is -2.18. The molecule has 0 bridgehead atoms. The van der Waals surface area contributed by atoms with Crippen LogP contribution in [0, 0.1) is 0 Å². The molecule has 0 saturated heterocycles. The fraction of sp³-hybridized carbons (Fsp3) is 0.316. The first-order valence-electron chi connectivity index (χ1n) is 7.91. The molecule has 0 atom stereocenters. The zero-order chi connectivity index (χ0) is 18.7. The smallest absolute Gasteiger partial charge is 0.337 e. The highest BCUT2D eigenvalue weighted by molar-refractivity contribution is 7.89. The number of esters is 1. The third kappa shape index (κ3) is 4.90. The number of hydrogen-bond acceptors (Lipinski definition) is 4. The Labute approximate surface area is 149 Å². The average molecular weight is 361 g/mol. The maximum atomic E-state index is 12.4. The Morgan fingerprint density at radius 3 is 2.04 bits per heavy atom. The van der Waals surface area contributed by atoms with Gasteiger partial charge in [0.25, 0.3) is 0 Å². The van der Waals surface area contributed by atoms with Crippen LogP contribution in [0.4, 0.5) is 0 Å². The zero-order valence-electron chi connectivity index (χ0n) is 14.9. The Bertz CT molecular complexity index is 832. The molecule has 0 aliphatic heterocycles. The Morgan fingerprint density at radius 2 is 1.56 bits per heavy atom. The van der Waals surface area contributed by atoms with Crippen molar-refractivity contribution in [3.63, 3.8) is 0 Å². The van der Waals surface area contributed by atoms with Gasteiger partial charge >= 0.3 is 5.97 Å². The Balaban J connectivity index is 2.07. The quantitative estimate of drug-likeness (QED) is 0.830. The molecular weight excluding hydrogens is 338 g/mol. The van der Waals surface area contributed by atoms with Crippen molar-refractivity contribution in [2.45, 2.75) is 37.6 Å². The summed E-state index contributed by atoms with van der Waals surface area (Å²) in [6.07, 6.45) is 0. The van der Waals surface area contributed by atoms with E-state index >= 15 is 0 Å². The van der Waals surface area contributed by atoms with Crippen molar-refractivity contribution < 1.29 is 17.9 Å². The maximum Gasteiger partial charge on any atom is 0.337 e. The van der Waals surface area contributed by atoms with Crippen molar-refractivity contribution in [1.29, 1.82) is 0 Å². The van der Waals surface area contributed by atoms with Crippen LogP contribution in [0.3, 0.4) is 0 Å². The third-order valence-electron chi connectivity index (χ3n) is 3.87. The van der Waals surface area contributed by atoms with Gasteiger partial charge in [-0.25, -0.2) is 17.9 Å². The van der Waals surface area contributed by atoms with E-state index in [1.165, 1.54) is 7.11 Å². The van der Waals surface area contributed by atoms with E-state index in [1.54, 1.807) is 36.4 Å². The summed E-state index contributed by atoms with van der Waals surface area (Å²) in [7, 11) is -2.28. The summed E-state index contributed by atoms with van der Waals surface area (Å²) in [5, 5.41) is 0. The van der Waals surface area contributed by atoms with Crippen LogP contribution in [0.1, 0.15) is 42.3 Å². The molecular formula is C19H23NO4S. The molecule has 1 N–H and O–H groups in total. The van der Waals surface area contributed by atoms with Gasteiger partial charge in [-0.1, -0.05) is 45.0 Å². The molecule has 0 aliphatic carbocycles. The molecule has 0 amide bonds. The summed E-state index contributed by atoms with van der Waals surface area (Å²) in [5.74, 6) is -0.425. The van der Waals surface area contributed by atoms with Gasteiger partial charge in [0.05, 0.1) is 17.6 Å². The van der Waals surface area contributed by atoms with Crippen molar-refractivity contribution in [3.8, 4) is 0 Å². The molecule has 0 heterocycles. The summed E-state index contributed by atoms with van der Waals surface area (Å²) in [5.41, 5.74) is 2.22. The second-order valence-corrected chi connectivity index (χ2v) is 8.55. The summed E-state index contributed by atoms with van der Waals surface area (Å²) >= 11 is 0. The first kappa shape index (κ1) is 19.1. The van der Waals surface area contributed by atoms with E-state index in [-0.39, 0.29) is 16.9 Å². The second-order valence-electron chi connectivity index (χ2n) is 6.79. The fourth-order valence-electron chi connectivity index (χ4n) is 2.27. The number of carbonyl (C=O) groups excluding carboxylic acids is 1. The van der Waals surface area contributed by atoms with Crippen LogP contribution in [0.15, 0.2) is 53.4 Å². The average Bonchev–Trinajstić information content (AvgIpc) is 2.59. The van der Waals surface area contributed by atoms with Crippen LogP contribution < -0.4 is 4.72 Å². The molecule has 0 spiro atoms. The van der Waals surface area contributed by atoms with Crippen LogP contribution in [0.2, 0.25) is 0 Å². The summed E-state index contributed by atoms with van der Waals surface area (Å²) in [6.45, 7) is 6.37. The van der Waals surface area contributed by atoms with E-state index in [2.05, 4.69) is 30.2 Å². The third-order valence-corrected chi connectivity index (χ3v) is 5.29. The van der Waals surface area contributed by atoms with E-state index < -0.39 is 16.0 Å². The molecule has 0 fully saturated rings. The number of methoxy groups -OCH3 is 1. The van der Waals surface area contributed by atoms with Crippen LogP contribution in [-0.2, 0) is 26.7 Å². The van der Waals surface area contributed by atoms with Crippen LogP contribution in [0.5, 0.6) is 0 Å². The Kier molecular flexibility index (Phi) is 5.65. The molecule has 6 heteroatoms. The molecule has 0 radical (unpaired) electrons. The lowest BCUT2D eigenvalue weighted by Gasteiger charge is -2.19. The van der Waals surface area contributed by atoms with Crippen LogP contribution >= 0.6 is 0 Å². The normalized spacial score (nSPS) is 12.0. The summed E-state index contributed by atoms with van der Waals surface area (Å²) < 4.78 is 32.0. The van der Waals surface area contributed by atoms with Gasteiger partial charge in [-0.2, -0.15) is 0 Å². The number of carbonyl (C=O) groups is 1. The molecule has 0 saturated carbocycles. The minimum Gasteiger partial charge on any atom is -0.465 e. The van der Waals surface area contributed by atoms with Gasteiger partial charge in [0.1, 0.15) is 0 Å². The standard InChI is InChI=1S/C19H23NO4S/c1-19(2,3)16-9-11-17(12-10-16)25(22,23)20-13-14-5-7-15(8-6-14)18(21)24-4/h5-12,20H,13H2,1-4H3. The predicted molar refractivity (Wildman–Crippen MR) is 96.9 cm³/mol. The first-order valence-corrected chi connectivity index (χ1v) is 9.39. The maximum absolute atomic E-state index is 12.4. The largest absolute Gasteiger partial charge is 0.465 e. The van der Waals surface area contributed by atoms with Gasteiger partial charge in [0.2, 0.25) is 10.0 Å². The number of nitrogens with one attached hydrogen (secondary N) is 1. The van der Waals surface area contributed by atoms with Gasteiger partial charge in [0.15, 0.2) is 0 Å². The second kappa shape index (κ2) is 7.37. The highest BCUT2D eigenvalue weighted by atomic mass is 32.2. The molecule has 2 aromatic rings. The van der Waals surface area contributed by atoms with E-state index in [4.69, 9.17) is 0 Å². The molecule has 25 heavy (non-hydrogen) atoms. The summed E-state index contributed by atoms with van der Waals surface area (Å²) in [6, 6.07) is 13.5. The molecule has 2 rings (SSSR count). The minimum atomic E-state index is -3.59. The number of hydrogen-bond donors (Lipinski definition) is 1. The van der Waals surface area contributed by atoms with E-state index in [0.29, 0.717) is 5.56 Å². The molecule has 0 aromatic heterocycles. The Morgan fingerprint density at radius 1 is 1.00 bits per heavy atom. The SMILES string of the molecule is COC(=O)c1ccc(CNS(=O)(=O)c2ccc(C(C)(C)C)cc2)cc1. The van der Waals surface area contributed by atoms with Gasteiger partial charge in [0, 0.05) is 6.54 Å². The number of ether oxygens (including phenoxy) is 1.